The first-order valence-electron chi connectivity index (χ1n) is 2.83. The van der Waals surface area contributed by atoms with Crippen LogP contribution in [0.2, 0.25) is 0 Å². The molecule has 1 amide bonds. The second-order valence-electron chi connectivity index (χ2n) is 2.03. The van der Waals surface area contributed by atoms with E-state index in [4.69, 9.17) is 0 Å². The van der Waals surface area contributed by atoms with Crippen LogP contribution in [0.15, 0.2) is 6.20 Å². The quantitative estimate of drug-likeness (QED) is 0.515. The molecule has 0 saturated carbocycles. The van der Waals surface area contributed by atoms with Gasteiger partial charge in [0.1, 0.15) is 0 Å². The summed E-state index contributed by atoms with van der Waals surface area (Å²) in [6.45, 7) is 0. The second-order valence-corrected chi connectivity index (χ2v) is 2.03. The molecule has 1 N–H and O–H groups in total. The molecule has 0 atom stereocenters. The number of carbonyl (C=O) groups excluding carboxylic acids is 1. The zero-order valence-corrected chi connectivity index (χ0v) is 5.03. The molecule has 1 aliphatic rings. The van der Waals surface area contributed by atoms with Crippen molar-refractivity contribution in [2.75, 3.05) is 5.32 Å². The molecule has 0 radical (unpaired) electrons. The van der Waals surface area contributed by atoms with Gasteiger partial charge in [-0.1, -0.05) is 0 Å². The van der Waals surface area contributed by atoms with Crippen LogP contribution in [0.3, 0.4) is 0 Å². The molecule has 50 valence electrons. The van der Waals surface area contributed by atoms with Crippen molar-refractivity contribution in [2.24, 2.45) is 0 Å². The minimum absolute atomic E-state index is 0.0442. The van der Waals surface area contributed by atoms with Crippen LogP contribution < -0.4 is 5.32 Å². The molecule has 0 aromatic carbocycles. The Labute approximate surface area is 56.5 Å². The maximum absolute atomic E-state index is 10.7. The summed E-state index contributed by atoms with van der Waals surface area (Å²) < 4.78 is 0. The number of aromatic nitrogens is 3. The monoisotopic (exact) mass is 136 g/mol. The highest BCUT2D eigenvalue weighted by molar-refractivity contribution is 5.97. The number of hydrogen-bond acceptors (Lipinski definition) is 4. The number of rotatable bonds is 0. The van der Waals surface area contributed by atoms with Gasteiger partial charge in [-0.15, -0.1) is 10.2 Å². The number of anilines is 1. The molecule has 10 heavy (non-hydrogen) atoms. The van der Waals surface area contributed by atoms with Crippen LogP contribution in [0.1, 0.15) is 5.56 Å². The Bertz CT molecular complexity index is 258. The van der Waals surface area contributed by atoms with E-state index in [1.807, 2.05) is 0 Å². The number of hydrogen-bond donors (Lipinski definition) is 1. The van der Waals surface area contributed by atoms with Gasteiger partial charge in [-0.25, -0.2) is 0 Å². The van der Waals surface area contributed by atoms with E-state index in [1.165, 1.54) is 0 Å². The standard InChI is InChI=1S/C5H4N4O/c10-4-1-3-2-6-9-8-5(3)7-4/h2H,1H2,(H,6,7,8,10). The van der Waals surface area contributed by atoms with E-state index in [0.29, 0.717) is 12.2 Å². The lowest BCUT2D eigenvalue weighted by Gasteiger charge is -1.89. The molecule has 0 unspecified atom stereocenters. The zero-order valence-electron chi connectivity index (χ0n) is 5.03. The van der Waals surface area contributed by atoms with Crippen molar-refractivity contribution in [3.8, 4) is 0 Å². The third-order valence-electron chi connectivity index (χ3n) is 1.32. The fourth-order valence-electron chi connectivity index (χ4n) is 0.875. The van der Waals surface area contributed by atoms with Gasteiger partial charge in [0, 0.05) is 5.56 Å². The van der Waals surface area contributed by atoms with E-state index in [2.05, 4.69) is 20.7 Å². The molecule has 2 heterocycles. The third-order valence-corrected chi connectivity index (χ3v) is 1.32. The fraction of sp³-hybridized carbons (Fsp3) is 0.200. The van der Waals surface area contributed by atoms with Gasteiger partial charge in [0.05, 0.1) is 12.6 Å². The molecule has 5 heteroatoms. The second kappa shape index (κ2) is 1.73. The molecule has 0 spiro atoms. The first kappa shape index (κ1) is 5.28. The molecular formula is C5H4N4O. The summed E-state index contributed by atoms with van der Waals surface area (Å²) in [5.74, 6) is 0.498. The van der Waals surface area contributed by atoms with Crippen molar-refractivity contribution in [1.82, 2.24) is 15.4 Å². The SMILES string of the molecule is O=C1Cc2cnnnc2N1. The van der Waals surface area contributed by atoms with Crippen molar-refractivity contribution in [3.63, 3.8) is 0 Å². The van der Waals surface area contributed by atoms with Gasteiger partial charge in [0.2, 0.25) is 5.91 Å². The van der Waals surface area contributed by atoms with E-state index in [-0.39, 0.29) is 5.91 Å². The predicted octanol–water partition coefficient (Wildman–Crippen LogP) is -0.634. The van der Waals surface area contributed by atoms with Crippen molar-refractivity contribution >= 4 is 11.7 Å². The maximum Gasteiger partial charge on any atom is 0.230 e. The minimum atomic E-state index is -0.0442. The Kier molecular flexibility index (Phi) is 0.913. The van der Waals surface area contributed by atoms with Gasteiger partial charge in [-0.2, -0.15) is 0 Å². The van der Waals surface area contributed by atoms with Crippen molar-refractivity contribution in [3.05, 3.63) is 11.8 Å². The van der Waals surface area contributed by atoms with Crippen molar-refractivity contribution in [1.29, 1.82) is 0 Å². The summed E-state index contributed by atoms with van der Waals surface area (Å²) in [6.07, 6.45) is 1.91. The molecule has 0 saturated heterocycles. The van der Waals surface area contributed by atoms with Crippen LogP contribution >= 0.6 is 0 Å². The Morgan fingerprint density at radius 2 is 2.50 bits per heavy atom. The average Bonchev–Trinajstić information content (AvgIpc) is 2.27. The highest BCUT2D eigenvalue weighted by Crippen LogP contribution is 2.15. The topological polar surface area (TPSA) is 67.8 Å². The zero-order chi connectivity index (χ0) is 6.97. The first-order valence-corrected chi connectivity index (χ1v) is 2.83. The van der Waals surface area contributed by atoms with Gasteiger partial charge >= 0.3 is 0 Å². The van der Waals surface area contributed by atoms with Crippen LogP contribution in [-0.2, 0) is 11.2 Å². The number of fused-ring (bicyclic) bond motifs is 1. The fourth-order valence-corrected chi connectivity index (χ4v) is 0.875. The van der Waals surface area contributed by atoms with Gasteiger partial charge < -0.3 is 5.32 Å². The average molecular weight is 136 g/mol. The summed E-state index contributed by atoms with van der Waals surface area (Å²) in [4.78, 5) is 10.7. The lowest BCUT2D eigenvalue weighted by Crippen LogP contribution is -2.04. The van der Waals surface area contributed by atoms with E-state index < -0.39 is 0 Å². The highest BCUT2D eigenvalue weighted by atomic mass is 16.1. The van der Waals surface area contributed by atoms with Crippen LogP contribution in [0.25, 0.3) is 0 Å². The lowest BCUT2D eigenvalue weighted by atomic mass is 10.3. The van der Waals surface area contributed by atoms with Crippen LogP contribution in [0.4, 0.5) is 5.82 Å². The summed E-state index contributed by atoms with van der Waals surface area (Å²) >= 11 is 0. The van der Waals surface area contributed by atoms with Crippen molar-refractivity contribution < 1.29 is 4.79 Å². The van der Waals surface area contributed by atoms with Gasteiger partial charge in [-0.3, -0.25) is 4.79 Å². The molecule has 0 aliphatic carbocycles. The largest absolute Gasteiger partial charge is 0.309 e. The Morgan fingerprint density at radius 3 is 3.30 bits per heavy atom. The minimum Gasteiger partial charge on any atom is -0.309 e. The predicted molar refractivity (Wildman–Crippen MR) is 32.2 cm³/mol. The Balaban J connectivity index is 2.51. The van der Waals surface area contributed by atoms with E-state index >= 15 is 0 Å². The number of nitrogens with one attached hydrogen (secondary N) is 1. The summed E-state index contributed by atoms with van der Waals surface area (Å²) in [5, 5.41) is 13.1. The molecule has 1 aliphatic heterocycles. The Morgan fingerprint density at radius 1 is 1.60 bits per heavy atom. The molecule has 0 bridgehead atoms. The van der Waals surface area contributed by atoms with Gasteiger partial charge in [0.25, 0.3) is 0 Å². The van der Waals surface area contributed by atoms with Crippen LogP contribution in [0.5, 0.6) is 0 Å². The van der Waals surface area contributed by atoms with E-state index in [0.717, 1.165) is 5.56 Å². The third kappa shape index (κ3) is 0.637. The van der Waals surface area contributed by atoms with Gasteiger partial charge in [0.15, 0.2) is 5.82 Å². The van der Waals surface area contributed by atoms with E-state index in [9.17, 15) is 4.79 Å². The molecule has 1 aromatic rings. The molecule has 2 rings (SSSR count). The highest BCUT2D eigenvalue weighted by Gasteiger charge is 2.18. The number of amides is 1. The molecule has 0 fully saturated rings. The first-order chi connectivity index (χ1) is 4.86. The molecular weight excluding hydrogens is 132 g/mol. The maximum atomic E-state index is 10.7. The summed E-state index contributed by atoms with van der Waals surface area (Å²) in [7, 11) is 0. The number of nitrogens with zero attached hydrogens (tertiary/aromatic N) is 3. The van der Waals surface area contributed by atoms with Gasteiger partial charge in [-0.05, 0) is 5.21 Å². The van der Waals surface area contributed by atoms with Crippen molar-refractivity contribution in [2.45, 2.75) is 6.42 Å². The molecule has 1 aromatic heterocycles. The lowest BCUT2D eigenvalue weighted by molar-refractivity contribution is -0.115. The molecule has 5 nitrogen and oxygen atoms in total. The summed E-state index contributed by atoms with van der Waals surface area (Å²) in [5.41, 5.74) is 0.819. The van der Waals surface area contributed by atoms with Crippen LogP contribution in [0, 0.1) is 0 Å². The normalized spacial score (nSPS) is 14.6. The summed E-state index contributed by atoms with van der Waals surface area (Å²) in [6, 6.07) is 0. The smallest absolute Gasteiger partial charge is 0.230 e. The Hall–Kier alpha value is -1.52. The number of carbonyl (C=O) groups is 1. The van der Waals surface area contributed by atoms with E-state index in [1.54, 1.807) is 6.20 Å². The van der Waals surface area contributed by atoms with Crippen LogP contribution in [-0.4, -0.2) is 21.3 Å².